The van der Waals surface area contributed by atoms with Gasteiger partial charge in [0.2, 0.25) is 10.0 Å². The molecular weight excluding hydrogens is 384 g/mol. The van der Waals surface area contributed by atoms with Gasteiger partial charge in [0.15, 0.2) is 0 Å². The second-order valence-corrected chi connectivity index (χ2v) is 8.42. The number of benzene rings is 2. The Balaban J connectivity index is 2.60. The molecule has 0 unspecified atom stereocenters. The molecule has 0 saturated carbocycles. The van der Waals surface area contributed by atoms with E-state index in [0.717, 1.165) is 10.4 Å². The molecule has 3 N–H and O–H groups in total. The van der Waals surface area contributed by atoms with E-state index in [-0.39, 0.29) is 17.0 Å². The third-order valence-electron chi connectivity index (χ3n) is 4.19. The molecule has 0 spiro atoms. The summed E-state index contributed by atoms with van der Waals surface area (Å²) in [4.78, 5) is 23.3. The largest absolute Gasteiger partial charge is 0.478 e. The van der Waals surface area contributed by atoms with Crippen LogP contribution in [0.5, 0.6) is 0 Å². The van der Waals surface area contributed by atoms with E-state index in [0.29, 0.717) is 5.56 Å². The monoisotopic (exact) mass is 406 g/mol. The first kappa shape index (κ1) is 21.5. The Morgan fingerprint density at radius 1 is 1.07 bits per heavy atom. The van der Waals surface area contributed by atoms with Crippen molar-refractivity contribution in [1.29, 1.82) is 0 Å². The van der Waals surface area contributed by atoms with Crippen LogP contribution >= 0.6 is 0 Å². The molecule has 0 aromatic heterocycles. The van der Waals surface area contributed by atoms with Gasteiger partial charge in [0.1, 0.15) is 6.04 Å². The summed E-state index contributed by atoms with van der Waals surface area (Å²) in [5.41, 5.74) is 1.98. The summed E-state index contributed by atoms with van der Waals surface area (Å²) in [5.74, 6) is -2.60. The van der Waals surface area contributed by atoms with Crippen molar-refractivity contribution in [3.63, 3.8) is 0 Å². The highest BCUT2D eigenvalue weighted by Gasteiger charge is 2.38. The van der Waals surface area contributed by atoms with Crippen molar-refractivity contribution < 1.29 is 28.3 Å². The van der Waals surface area contributed by atoms with Gasteiger partial charge in [-0.2, -0.15) is 4.31 Å². The van der Waals surface area contributed by atoms with Crippen LogP contribution in [0.15, 0.2) is 59.5 Å². The quantitative estimate of drug-likeness (QED) is 0.456. The lowest BCUT2D eigenvalue weighted by Gasteiger charge is -2.32. The van der Waals surface area contributed by atoms with Crippen LogP contribution in [0.1, 0.15) is 29.8 Å². The van der Waals surface area contributed by atoms with Gasteiger partial charge in [0.25, 0.3) is 5.91 Å². The van der Waals surface area contributed by atoms with E-state index >= 15 is 0 Å². The molecule has 28 heavy (non-hydrogen) atoms. The van der Waals surface area contributed by atoms with Gasteiger partial charge in [-0.3, -0.25) is 10.0 Å². The van der Waals surface area contributed by atoms with Crippen molar-refractivity contribution >= 4 is 21.9 Å². The number of sulfonamides is 1. The number of carbonyl (C=O) groups is 2. The fraction of sp³-hybridized carbons (Fsp3) is 0.263. The second kappa shape index (κ2) is 8.96. The van der Waals surface area contributed by atoms with E-state index in [4.69, 9.17) is 10.3 Å². The molecule has 0 fully saturated rings. The molecule has 8 nitrogen and oxygen atoms in total. The van der Waals surface area contributed by atoms with Gasteiger partial charge in [-0.15, -0.1) is 0 Å². The number of hydrogen-bond donors (Lipinski definition) is 3. The van der Waals surface area contributed by atoms with Crippen LogP contribution in [-0.2, 0) is 21.4 Å². The fourth-order valence-corrected chi connectivity index (χ4v) is 4.61. The molecule has 150 valence electrons. The standard InChI is InChI=1S/C19H22N2O6S/c1-13(2)17(18(22)20-25)21(12-14-7-4-3-5-8-14)28(26,27)16-10-6-9-15(11-16)19(23)24/h3-11,13,17,25H,12H2,1-2H3,(H,20,22)(H,23,24)/t17-/m0/s1. The van der Waals surface area contributed by atoms with Crippen molar-refractivity contribution in [2.24, 2.45) is 5.92 Å². The lowest BCUT2D eigenvalue weighted by molar-refractivity contribution is -0.134. The van der Waals surface area contributed by atoms with Crippen molar-refractivity contribution in [2.45, 2.75) is 31.3 Å². The molecule has 0 aliphatic rings. The minimum absolute atomic E-state index is 0.128. The van der Waals surface area contributed by atoms with E-state index in [9.17, 15) is 18.0 Å². The predicted octanol–water partition coefficient (Wildman–Crippen LogP) is 2.11. The van der Waals surface area contributed by atoms with Gasteiger partial charge in [0, 0.05) is 6.54 Å². The molecule has 0 radical (unpaired) electrons. The smallest absolute Gasteiger partial charge is 0.335 e. The molecule has 2 rings (SSSR count). The van der Waals surface area contributed by atoms with Crippen molar-refractivity contribution in [3.8, 4) is 0 Å². The Morgan fingerprint density at radius 2 is 1.71 bits per heavy atom. The highest BCUT2D eigenvalue weighted by atomic mass is 32.2. The summed E-state index contributed by atoms with van der Waals surface area (Å²) in [7, 11) is -4.26. The topological polar surface area (TPSA) is 124 Å². The maximum atomic E-state index is 13.3. The van der Waals surface area contributed by atoms with E-state index in [2.05, 4.69) is 0 Å². The number of carboxylic acid groups (broad SMARTS) is 1. The third kappa shape index (κ3) is 4.75. The van der Waals surface area contributed by atoms with Crippen LogP contribution in [0.2, 0.25) is 0 Å². The number of amides is 1. The molecular formula is C19H22N2O6S. The normalized spacial score (nSPS) is 12.8. The maximum Gasteiger partial charge on any atom is 0.335 e. The molecule has 2 aromatic carbocycles. The number of carbonyl (C=O) groups excluding carboxylic acids is 1. The molecule has 1 atom stereocenters. The average molecular weight is 406 g/mol. The maximum absolute atomic E-state index is 13.3. The van der Waals surface area contributed by atoms with E-state index in [1.165, 1.54) is 23.7 Å². The highest BCUT2D eigenvalue weighted by Crippen LogP contribution is 2.25. The lowest BCUT2D eigenvalue weighted by Crippen LogP contribution is -2.51. The molecule has 2 aromatic rings. The minimum Gasteiger partial charge on any atom is -0.478 e. The van der Waals surface area contributed by atoms with Crippen molar-refractivity contribution in [2.75, 3.05) is 0 Å². The van der Waals surface area contributed by atoms with Crippen LogP contribution in [-0.4, -0.2) is 41.0 Å². The Hall–Kier alpha value is -2.75. The molecule has 0 aliphatic heterocycles. The summed E-state index contributed by atoms with van der Waals surface area (Å²) in [5, 5.41) is 18.3. The Labute approximate surface area is 163 Å². The number of carboxylic acids is 1. The van der Waals surface area contributed by atoms with Crippen molar-refractivity contribution in [1.82, 2.24) is 9.79 Å². The third-order valence-corrected chi connectivity index (χ3v) is 6.01. The molecule has 0 aliphatic carbocycles. The summed E-state index contributed by atoms with van der Waals surface area (Å²) in [6.07, 6.45) is 0. The Bertz CT molecular complexity index is 944. The Morgan fingerprint density at radius 3 is 2.25 bits per heavy atom. The van der Waals surface area contributed by atoms with Crippen LogP contribution in [0.4, 0.5) is 0 Å². The van der Waals surface area contributed by atoms with Gasteiger partial charge in [-0.1, -0.05) is 50.2 Å². The second-order valence-electron chi connectivity index (χ2n) is 6.53. The molecule has 9 heteroatoms. The van der Waals surface area contributed by atoms with E-state index in [1.54, 1.807) is 44.2 Å². The van der Waals surface area contributed by atoms with Crippen LogP contribution in [0.3, 0.4) is 0 Å². The zero-order valence-corrected chi connectivity index (χ0v) is 16.3. The Kier molecular flexibility index (Phi) is 6.90. The SMILES string of the molecule is CC(C)[C@@H](C(=O)NO)N(Cc1ccccc1)S(=O)(=O)c1cccc(C(=O)O)c1. The van der Waals surface area contributed by atoms with Gasteiger partial charge in [-0.05, 0) is 29.7 Å². The molecule has 0 heterocycles. The van der Waals surface area contributed by atoms with Crippen LogP contribution in [0, 0.1) is 5.92 Å². The number of hydroxylamine groups is 1. The first-order valence-electron chi connectivity index (χ1n) is 8.51. The lowest BCUT2D eigenvalue weighted by atomic mass is 10.0. The summed E-state index contributed by atoms with van der Waals surface area (Å²) in [6.45, 7) is 3.18. The van der Waals surface area contributed by atoms with Gasteiger partial charge >= 0.3 is 5.97 Å². The number of rotatable bonds is 8. The van der Waals surface area contributed by atoms with Crippen LogP contribution < -0.4 is 5.48 Å². The van der Waals surface area contributed by atoms with Gasteiger partial charge in [-0.25, -0.2) is 18.7 Å². The zero-order valence-electron chi connectivity index (χ0n) is 15.4. The molecule has 0 bridgehead atoms. The fourth-order valence-electron chi connectivity index (χ4n) is 2.85. The summed E-state index contributed by atoms with van der Waals surface area (Å²) in [6, 6.07) is 12.4. The minimum atomic E-state index is -4.26. The molecule has 1 amide bonds. The number of hydrogen-bond acceptors (Lipinski definition) is 5. The molecule has 0 saturated heterocycles. The van der Waals surface area contributed by atoms with E-state index in [1.807, 2.05) is 0 Å². The predicted molar refractivity (Wildman–Crippen MR) is 101 cm³/mol. The highest BCUT2D eigenvalue weighted by molar-refractivity contribution is 7.89. The van der Waals surface area contributed by atoms with Gasteiger partial charge < -0.3 is 5.11 Å². The van der Waals surface area contributed by atoms with E-state index < -0.39 is 33.9 Å². The van der Waals surface area contributed by atoms with Crippen molar-refractivity contribution in [3.05, 3.63) is 65.7 Å². The number of nitrogens with one attached hydrogen (secondary N) is 1. The summed E-state index contributed by atoms with van der Waals surface area (Å²) < 4.78 is 27.7. The zero-order chi connectivity index (χ0) is 20.9. The first-order chi connectivity index (χ1) is 13.2. The van der Waals surface area contributed by atoms with Gasteiger partial charge in [0.05, 0.1) is 10.5 Å². The van der Waals surface area contributed by atoms with Crippen LogP contribution in [0.25, 0.3) is 0 Å². The number of aromatic carboxylic acids is 1. The average Bonchev–Trinajstić information content (AvgIpc) is 2.67. The number of nitrogens with zero attached hydrogens (tertiary/aromatic N) is 1. The summed E-state index contributed by atoms with van der Waals surface area (Å²) >= 11 is 0. The first-order valence-corrected chi connectivity index (χ1v) is 9.95.